The monoisotopic (exact) mass is 269 g/mol. The third-order valence-corrected chi connectivity index (χ3v) is 3.29. The van der Waals surface area contributed by atoms with E-state index in [1.165, 1.54) is 18.0 Å². The highest BCUT2D eigenvalue weighted by molar-refractivity contribution is 5.98. The van der Waals surface area contributed by atoms with Crippen molar-refractivity contribution in [2.75, 3.05) is 36.5 Å². The molecule has 1 aromatic carbocycles. The second-order valence-electron chi connectivity index (χ2n) is 4.59. The summed E-state index contributed by atoms with van der Waals surface area (Å²) in [5, 5.41) is 0. The van der Waals surface area contributed by atoms with Crippen molar-refractivity contribution in [2.24, 2.45) is 5.73 Å². The molecule has 0 fully saturated rings. The molecule has 0 aliphatic carbocycles. The summed E-state index contributed by atoms with van der Waals surface area (Å²) < 4.78 is 27.4. The van der Waals surface area contributed by atoms with E-state index in [4.69, 9.17) is 5.73 Å². The smallest absolute Gasteiger partial charge is 0.228 e. The first kappa shape index (κ1) is 13.7. The summed E-state index contributed by atoms with van der Waals surface area (Å²) in [4.78, 5) is 14.9. The molecule has 6 heteroatoms. The molecule has 1 aliphatic rings. The molecule has 1 amide bonds. The average molecular weight is 269 g/mol. The maximum Gasteiger partial charge on any atom is 0.228 e. The van der Waals surface area contributed by atoms with Crippen molar-refractivity contribution in [1.29, 1.82) is 0 Å². The topological polar surface area (TPSA) is 49.6 Å². The molecule has 2 N–H and O–H groups in total. The highest BCUT2D eigenvalue weighted by Crippen LogP contribution is 2.35. The van der Waals surface area contributed by atoms with Gasteiger partial charge in [0.1, 0.15) is 5.82 Å². The maximum atomic E-state index is 14.0. The lowest BCUT2D eigenvalue weighted by atomic mass is 10.2. The number of nitrogens with two attached hydrogens (primary N) is 1. The molecule has 0 aromatic heterocycles. The predicted molar refractivity (Wildman–Crippen MR) is 70.3 cm³/mol. The van der Waals surface area contributed by atoms with Gasteiger partial charge in [0, 0.05) is 32.6 Å². The van der Waals surface area contributed by atoms with Crippen LogP contribution in [0.3, 0.4) is 0 Å². The summed E-state index contributed by atoms with van der Waals surface area (Å²) in [6.45, 7) is 1.45. The summed E-state index contributed by atoms with van der Waals surface area (Å²) in [5.74, 6) is -1.48. The van der Waals surface area contributed by atoms with Crippen LogP contribution in [0.4, 0.5) is 20.2 Å². The fraction of sp³-hybridized carbons (Fsp3) is 0.462. The van der Waals surface area contributed by atoms with Crippen molar-refractivity contribution in [1.82, 2.24) is 0 Å². The third kappa shape index (κ3) is 2.68. The van der Waals surface area contributed by atoms with E-state index in [2.05, 4.69) is 0 Å². The Morgan fingerprint density at radius 1 is 1.37 bits per heavy atom. The minimum atomic E-state index is -0.684. The molecule has 19 heavy (non-hydrogen) atoms. The SMILES string of the molecule is CN1C(=O)CCN(CCCN)c2c(F)cc(F)cc21. The molecule has 2 rings (SSSR count). The van der Waals surface area contributed by atoms with Gasteiger partial charge < -0.3 is 15.5 Å². The van der Waals surface area contributed by atoms with Crippen LogP contribution < -0.4 is 15.5 Å². The van der Waals surface area contributed by atoms with Gasteiger partial charge in [-0.15, -0.1) is 0 Å². The lowest BCUT2D eigenvalue weighted by Crippen LogP contribution is -2.28. The van der Waals surface area contributed by atoms with Gasteiger partial charge in [-0.25, -0.2) is 8.78 Å². The van der Waals surface area contributed by atoms with Gasteiger partial charge in [-0.3, -0.25) is 4.79 Å². The lowest BCUT2D eigenvalue weighted by molar-refractivity contribution is -0.118. The van der Waals surface area contributed by atoms with Gasteiger partial charge in [-0.1, -0.05) is 0 Å². The molecule has 0 unspecified atom stereocenters. The van der Waals surface area contributed by atoms with Crippen LogP contribution in [0.15, 0.2) is 12.1 Å². The van der Waals surface area contributed by atoms with Gasteiger partial charge in [-0.05, 0) is 19.0 Å². The van der Waals surface area contributed by atoms with Crippen molar-refractivity contribution < 1.29 is 13.6 Å². The van der Waals surface area contributed by atoms with Crippen molar-refractivity contribution in [3.05, 3.63) is 23.8 Å². The number of rotatable bonds is 3. The number of benzene rings is 1. The number of nitrogens with zero attached hydrogens (tertiary/aromatic N) is 2. The van der Waals surface area contributed by atoms with Crippen LogP contribution in [-0.4, -0.2) is 32.6 Å². The standard InChI is InChI=1S/C13H17F2N3O/c1-17-11-8-9(14)7-10(15)13(11)18(5-2-4-16)6-3-12(17)19/h7-8H,2-6,16H2,1H3. The molecule has 1 heterocycles. The molecule has 104 valence electrons. The quantitative estimate of drug-likeness (QED) is 0.904. The second kappa shape index (κ2) is 5.52. The summed E-state index contributed by atoms with van der Waals surface area (Å²) in [5.41, 5.74) is 6.02. The molecule has 0 saturated heterocycles. The van der Waals surface area contributed by atoms with Crippen LogP contribution in [0.1, 0.15) is 12.8 Å². The van der Waals surface area contributed by atoms with Crippen molar-refractivity contribution in [3.8, 4) is 0 Å². The normalized spacial score (nSPS) is 15.5. The van der Waals surface area contributed by atoms with E-state index in [9.17, 15) is 13.6 Å². The summed E-state index contributed by atoms with van der Waals surface area (Å²) >= 11 is 0. The number of carbonyl (C=O) groups excluding carboxylic acids is 1. The number of hydrogen-bond donors (Lipinski definition) is 1. The fourth-order valence-electron chi connectivity index (χ4n) is 2.27. The Kier molecular flexibility index (Phi) is 3.99. The van der Waals surface area contributed by atoms with Crippen LogP contribution in [-0.2, 0) is 4.79 Å². The van der Waals surface area contributed by atoms with Crippen LogP contribution >= 0.6 is 0 Å². The first-order valence-corrected chi connectivity index (χ1v) is 6.25. The fourth-order valence-corrected chi connectivity index (χ4v) is 2.27. The van der Waals surface area contributed by atoms with E-state index in [1.54, 1.807) is 4.90 Å². The van der Waals surface area contributed by atoms with E-state index < -0.39 is 11.6 Å². The van der Waals surface area contributed by atoms with E-state index in [-0.39, 0.29) is 23.7 Å². The van der Waals surface area contributed by atoms with E-state index >= 15 is 0 Å². The van der Waals surface area contributed by atoms with Crippen molar-refractivity contribution >= 4 is 17.3 Å². The Balaban J connectivity index is 2.48. The molecule has 1 aliphatic heterocycles. The first-order valence-electron chi connectivity index (χ1n) is 6.25. The summed E-state index contributed by atoms with van der Waals surface area (Å²) in [6, 6.07) is 2.04. The Morgan fingerprint density at radius 3 is 2.79 bits per heavy atom. The predicted octanol–water partition coefficient (Wildman–Crippen LogP) is 1.49. The van der Waals surface area contributed by atoms with Gasteiger partial charge in [0.2, 0.25) is 5.91 Å². The number of fused-ring (bicyclic) bond motifs is 1. The minimum Gasteiger partial charge on any atom is -0.367 e. The van der Waals surface area contributed by atoms with Gasteiger partial charge in [-0.2, -0.15) is 0 Å². The van der Waals surface area contributed by atoms with Gasteiger partial charge >= 0.3 is 0 Å². The third-order valence-electron chi connectivity index (χ3n) is 3.29. The maximum absolute atomic E-state index is 14.0. The molecule has 0 bridgehead atoms. The Labute approximate surface area is 110 Å². The molecule has 1 aromatic rings. The van der Waals surface area contributed by atoms with Crippen molar-refractivity contribution in [2.45, 2.75) is 12.8 Å². The van der Waals surface area contributed by atoms with E-state index in [1.807, 2.05) is 0 Å². The zero-order valence-corrected chi connectivity index (χ0v) is 10.8. The lowest BCUT2D eigenvalue weighted by Gasteiger charge is -2.25. The van der Waals surface area contributed by atoms with Crippen molar-refractivity contribution in [3.63, 3.8) is 0 Å². The highest BCUT2D eigenvalue weighted by Gasteiger charge is 2.27. The largest absolute Gasteiger partial charge is 0.367 e. The van der Waals surface area contributed by atoms with Crippen LogP contribution in [0.5, 0.6) is 0 Å². The Morgan fingerprint density at radius 2 is 2.11 bits per heavy atom. The van der Waals surface area contributed by atoms with E-state index in [0.29, 0.717) is 26.1 Å². The molecule has 0 atom stereocenters. The molecule has 0 radical (unpaired) electrons. The second-order valence-corrected chi connectivity index (χ2v) is 4.59. The number of hydrogen-bond acceptors (Lipinski definition) is 3. The molecular weight excluding hydrogens is 252 g/mol. The number of amides is 1. The summed E-state index contributed by atoms with van der Waals surface area (Å²) in [6.07, 6.45) is 0.963. The van der Waals surface area contributed by atoms with Crippen LogP contribution in [0, 0.1) is 11.6 Å². The molecular formula is C13H17F2N3O. The number of halogens is 2. The average Bonchev–Trinajstić information content (AvgIpc) is 2.48. The highest BCUT2D eigenvalue weighted by atomic mass is 19.1. The van der Waals surface area contributed by atoms with Crippen LogP contribution in [0.25, 0.3) is 0 Å². The first-order chi connectivity index (χ1) is 9.04. The molecule has 0 saturated carbocycles. The molecule has 0 spiro atoms. The minimum absolute atomic E-state index is 0.151. The summed E-state index contributed by atoms with van der Waals surface area (Å²) in [7, 11) is 1.53. The van der Waals surface area contributed by atoms with Gasteiger partial charge in [0.15, 0.2) is 5.82 Å². The molecule has 4 nitrogen and oxygen atoms in total. The number of carbonyl (C=O) groups is 1. The van der Waals surface area contributed by atoms with Gasteiger partial charge in [0.25, 0.3) is 0 Å². The zero-order valence-electron chi connectivity index (χ0n) is 10.8. The zero-order chi connectivity index (χ0) is 14.0. The Hall–Kier alpha value is -1.69. The number of anilines is 2. The Bertz CT molecular complexity index is 493. The van der Waals surface area contributed by atoms with Crippen LogP contribution in [0.2, 0.25) is 0 Å². The van der Waals surface area contributed by atoms with Gasteiger partial charge in [0.05, 0.1) is 11.4 Å². The van der Waals surface area contributed by atoms with E-state index in [0.717, 1.165) is 6.07 Å².